The predicted octanol–water partition coefficient (Wildman–Crippen LogP) is 3.12. The van der Waals surface area contributed by atoms with Gasteiger partial charge in [0.25, 0.3) is 5.91 Å². The molecule has 1 N–H and O–H groups in total. The molecule has 2 aromatic carbocycles. The van der Waals surface area contributed by atoms with E-state index in [-0.39, 0.29) is 12.7 Å². The Balaban J connectivity index is 1.42. The molecule has 7 nitrogen and oxygen atoms in total. The van der Waals surface area contributed by atoms with Crippen LogP contribution in [-0.2, 0) is 6.42 Å². The number of aromatic nitrogens is 2. The summed E-state index contributed by atoms with van der Waals surface area (Å²) in [6.45, 7) is 0.172. The number of hydrogen-bond donors (Lipinski definition) is 1. The van der Waals surface area contributed by atoms with Crippen molar-refractivity contribution < 1.29 is 19.0 Å². The lowest BCUT2D eigenvalue weighted by molar-refractivity contribution is 0.102. The molecule has 0 saturated heterocycles. The average Bonchev–Trinajstić information content (AvgIpc) is 3.31. The molecule has 0 atom stereocenters. The molecule has 3 aromatic rings. The van der Waals surface area contributed by atoms with Crippen molar-refractivity contribution in [2.45, 2.75) is 6.42 Å². The Morgan fingerprint density at radius 1 is 1.15 bits per heavy atom. The fourth-order valence-corrected chi connectivity index (χ4v) is 3.27. The van der Waals surface area contributed by atoms with E-state index in [1.165, 1.54) is 11.3 Å². The second-order valence-corrected chi connectivity index (χ2v) is 6.61. The van der Waals surface area contributed by atoms with E-state index in [0.717, 1.165) is 16.3 Å². The molecule has 2 heterocycles. The Morgan fingerprint density at radius 3 is 2.77 bits per heavy atom. The Labute approximate surface area is 153 Å². The first-order valence-corrected chi connectivity index (χ1v) is 8.69. The molecular formula is C18H15N3O4S. The molecule has 0 spiro atoms. The van der Waals surface area contributed by atoms with E-state index >= 15 is 0 Å². The quantitative estimate of drug-likeness (QED) is 0.744. The maximum Gasteiger partial charge on any atom is 0.257 e. The number of nitrogens with zero attached hydrogens (tertiary/aromatic N) is 2. The summed E-state index contributed by atoms with van der Waals surface area (Å²) in [5, 5.41) is 12.2. The van der Waals surface area contributed by atoms with Crippen molar-refractivity contribution in [3.63, 3.8) is 0 Å². The number of ether oxygens (including phenoxy) is 3. The van der Waals surface area contributed by atoms with Gasteiger partial charge in [-0.2, -0.15) is 0 Å². The summed E-state index contributed by atoms with van der Waals surface area (Å²) in [6.07, 6.45) is 0.640. The lowest BCUT2D eigenvalue weighted by Crippen LogP contribution is -2.11. The van der Waals surface area contributed by atoms with Gasteiger partial charge in [0.05, 0.1) is 7.11 Å². The van der Waals surface area contributed by atoms with Crippen LogP contribution in [0.4, 0.5) is 5.13 Å². The molecule has 0 saturated carbocycles. The van der Waals surface area contributed by atoms with Crippen molar-refractivity contribution in [3.05, 3.63) is 58.6 Å². The van der Waals surface area contributed by atoms with Crippen molar-refractivity contribution in [1.29, 1.82) is 0 Å². The molecule has 26 heavy (non-hydrogen) atoms. The van der Waals surface area contributed by atoms with E-state index in [4.69, 9.17) is 14.2 Å². The zero-order valence-electron chi connectivity index (χ0n) is 13.9. The highest BCUT2D eigenvalue weighted by molar-refractivity contribution is 7.15. The average molecular weight is 369 g/mol. The largest absolute Gasteiger partial charge is 0.497 e. The fraction of sp³-hybridized carbons (Fsp3) is 0.167. The van der Waals surface area contributed by atoms with E-state index in [1.54, 1.807) is 25.3 Å². The van der Waals surface area contributed by atoms with Gasteiger partial charge in [-0.1, -0.05) is 23.5 Å². The van der Waals surface area contributed by atoms with Crippen LogP contribution < -0.4 is 19.5 Å². The van der Waals surface area contributed by atoms with Gasteiger partial charge in [0.2, 0.25) is 11.9 Å². The van der Waals surface area contributed by atoms with Crippen LogP contribution in [0, 0.1) is 0 Å². The Bertz CT molecular complexity index is 940. The number of carbonyl (C=O) groups excluding carboxylic acids is 1. The van der Waals surface area contributed by atoms with Crippen LogP contribution in [0.2, 0.25) is 0 Å². The Hall–Kier alpha value is -3.13. The number of nitrogens with one attached hydrogen (secondary N) is 1. The van der Waals surface area contributed by atoms with Crippen LogP contribution in [0.1, 0.15) is 20.9 Å². The summed E-state index contributed by atoms with van der Waals surface area (Å²) in [6, 6.07) is 12.8. The molecule has 132 valence electrons. The lowest BCUT2D eigenvalue weighted by Gasteiger charge is -2.02. The van der Waals surface area contributed by atoms with E-state index in [2.05, 4.69) is 15.5 Å². The van der Waals surface area contributed by atoms with Gasteiger partial charge in [-0.25, -0.2) is 0 Å². The summed E-state index contributed by atoms with van der Waals surface area (Å²) in [4.78, 5) is 12.4. The zero-order chi connectivity index (χ0) is 17.9. The fourth-order valence-electron chi connectivity index (χ4n) is 2.50. The highest BCUT2D eigenvalue weighted by Crippen LogP contribution is 2.32. The number of benzene rings is 2. The maximum absolute atomic E-state index is 12.4. The smallest absolute Gasteiger partial charge is 0.257 e. The molecule has 0 bridgehead atoms. The minimum atomic E-state index is -0.268. The van der Waals surface area contributed by atoms with Crippen molar-refractivity contribution >= 4 is 22.4 Å². The third kappa shape index (κ3) is 3.45. The minimum Gasteiger partial charge on any atom is -0.497 e. The highest BCUT2D eigenvalue weighted by Gasteiger charge is 2.17. The van der Waals surface area contributed by atoms with E-state index in [1.807, 2.05) is 24.3 Å². The minimum absolute atomic E-state index is 0.172. The molecule has 1 amide bonds. The third-order valence-electron chi connectivity index (χ3n) is 3.84. The zero-order valence-corrected chi connectivity index (χ0v) is 14.7. The monoisotopic (exact) mass is 369 g/mol. The summed E-state index contributed by atoms with van der Waals surface area (Å²) >= 11 is 1.34. The number of methoxy groups -OCH3 is 1. The van der Waals surface area contributed by atoms with E-state index in [9.17, 15) is 4.79 Å². The van der Waals surface area contributed by atoms with Gasteiger partial charge in [-0.05, 0) is 35.9 Å². The van der Waals surface area contributed by atoms with Crippen LogP contribution in [0.5, 0.6) is 17.2 Å². The molecule has 1 aliphatic rings. The molecule has 0 unspecified atom stereocenters. The lowest BCUT2D eigenvalue weighted by atomic mass is 10.1. The van der Waals surface area contributed by atoms with Crippen LogP contribution in [0.3, 0.4) is 0 Å². The molecule has 4 rings (SSSR count). The Morgan fingerprint density at radius 2 is 1.96 bits per heavy atom. The van der Waals surface area contributed by atoms with Crippen LogP contribution in [0.25, 0.3) is 0 Å². The molecule has 1 aromatic heterocycles. The number of amides is 1. The molecule has 0 aliphatic carbocycles. The second kappa shape index (κ2) is 7.01. The number of anilines is 1. The standard InChI is InChI=1S/C18H15N3O4S/c1-23-13-5-2-11(3-6-13)8-16-20-21-18(26-16)19-17(22)12-4-7-14-15(9-12)25-10-24-14/h2-7,9H,8,10H2,1H3,(H,19,21,22). The van der Waals surface area contributed by atoms with E-state index < -0.39 is 0 Å². The number of carbonyl (C=O) groups is 1. The maximum atomic E-state index is 12.4. The predicted molar refractivity (Wildman–Crippen MR) is 96.2 cm³/mol. The van der Waals surface area contributed by atoms with Gasteiger partial charge in [0.15, 0.2) is 11.5 Å². The van der Waals surface area contributed by atoms with Crippen molar-refractivity contribution in [3.8, 4) is 17.2 Å². The first kappa shape index (κ1) is 16.3. The summed E-state index contributed by atoms with van der Waals surface area (Å²) < 4.78 is 15.7. The Kier molecular flexibility index (Phi) is 4.40. The van der Waals surface area contributed by atoms with Gasteiger partial charge >= 0.3 is 0 Å². The van der Waals surface area contributed by atoms with Gasteiger partial charge in [0.1, 0.15) is 10.8 Å². The summed E-state index contributed by atoms with van der Waals surface area (Å²) in [5.74, 6) is 1.74. The molecule has 8 heteroatoms. The van der Waals surface area contributed by atoms with Gasteiger partial charge in [-0.3, -0.25) is 10.1 Å². The van der Waals surface area contributed by atoms with Crippen molar-refractivity contribution in [2.75, 3.05) is 19.2 Å². The molecule has 0 fully saturated rings. The van der Waals surface area contributed by atoms with Crippen LogP contribution in [0.15, 0.2) is 42.5 Å². The first-order chi connectivity index (χ1) is 12.7. The van der Waals surface area contributed by atoms with E-state index in [0.29, 0.717) is 28.6 Å². The molecule has 1 aliphatic heterocycles. The number of hydrogen-bond acceptors (Lipinski definition) is 7. The van der Waals surface area contributed by atoms with Gasteiger partial charge in [-0.15, -0.1) is 10.2 Å². The normalized spacial score (nSPS) is 12.0. The second-order valence-electron chi connectivity index (χ2n) is 5.55. The number of rotatable bonds is 5. The van der Waals surface area contributed by atoms with Gasteiger partial charge < -0.3 is 14.2 Å². The SMILES string of the molecule is COc1ccc(Cc2nnc(NC(=O)c3ccc4c(c3)OCO4)s2)cc1. The first-order valence-electron chi connectivity index (χ1n) is 7.87. The third-order valence-corrected chi connectivity index (χ3v) is 4.68. The topological polar surface area (TPSA) is 82.6 Å². The van der Waals surface area contributed by atoms with Crippen LogP contribution >= 0.6 is 11.3 Å². The highest BCUT2D eigenvalue weighted by atomic mass is 32.1. The molecule has 0 radical (unpaired) electrons. The summed E-state index contributed by atoms with van der Waals surface area (Å²) in [7, 11) is 1.63. The summed E-state index contributed by atoms with van der Waals surface area (Å²) in [5.41, 5.74) is 1.57. The number of fused-ring (bicyclic) bond motifs is 1. The van der Waals surface area contributed by atoms with Crippen molar-refractivity contribution in [2.24, 2.45) is 0 Å². The van der Waals surface area contributed by atoms with Gasteiger partial charge in [0, 0.05) is 12.0 Å². The molecular weight excluding hydrogens is 354 g/mol. The van der Waals surface area contributed by atoms with Crippen LogP contribution in [-0.4, -0.2) is 30.0 Å². The van der Waals surface area contributed by atoms with Crippen molar-refractivity contribution in [1.82, 2.24) is 10.2 Å².